The van der Waals surface area contributed by atoms with Crippen LogP contribution in [0.2, 0.25) is 5.02 Å². The van der Waals surface area contributed by atoms with Crippen LogP contribution in [0.15, 0.2) is 59.1 Å². The van der Waals surface area contributed by atoms with Gasteiger partial charge in [0.1, 0.15) is 11.4 Å². The molecule has 1 fully saturated rings. The first-order valence-electron chi connectivity index (χ1n) is 10.0. The molecule has 3 aromatic rings. The second-order valence-corrected chi connectivity index (χ2v) is 7.86. The summed E-state index contributed by atoms with van der Waals surface area (Å²) in [7, 11) is 2.18. The molecular weight excluding hydrogens is 386 g/mol. The van der Waals surface area contributed by atoms with Crippen molar-refractivity contribution in [3.63, 3.8) is 0 Å². The molecule has 5 nitrogen and oxygen atoms in total. The molecule has 0 aliphatic carbocycles. The Labute approximate surface area is 176 Å². The number of likely N-dealkylation sites (N-methyl/N-ethyl adjacent to an activating group) is 1. The van der Waals surface area contributed by atoms with E-state index in [2.05, 4.69) is 22.0 Å². The summed E-state index contributed by atoms with van der Waals surface area (Å²) in [6.45, 7) is 6.32. The third-order valence-corrected chi connectivity index (χ3v) is 5.53. The van der Waals surface area contributed by atoms with E-state index < -0.39 is 0 Å². The van der Waals surface area contributed by atoms with E-state index in [9.17, 15) is 0 Å². The van der Waals surface area contributed by atoms with Crippen LogP contribution in [0, 0.1) is 0 Å². The molecule has 29 heavy (non-hydrogen) atoms. The van der Waals surface area contributed by atoms with Gasteiger partial charge in [-0.2, -0.15) is 0 Å². The lowest BCUT2D eigenvalue weighted by atomic mass is 10.1. The van der Waals surface area contributed by atoms with Gasteiger partial charge in [-0.05, 0) is 49.9 Å². The van der Waals surface area contributed by atoms with Crippen LogP contribution in [-0.4, -0.2) is 61.3 Å². The highest BCUT2D eigenvalue weighted by atomic mass is 35.5. The second kappa shape index (κ2) is 9.44. The van der Waals surface area contributed by atoms with Gasteiger partial charge in [0.25, 0.3) is 0 Å². The summed E-state index contributed by atoms with van der Waals surface area (Å²) < 4.78 is 11.7. The first-order chi connectivity index (χ1) is 14.2. The Morgan fingerprint density at radius 3 is 2.59 bits per heavy atom. The van der Waals surface area contributed by atoms with Crippen molar-refractivity contribution in [3.8, 4) is 28.3 Å². The molecule has 0 bridgehead atoms. The minimum Gasteiger partial charge on any atom is -0.493 e. The number of halogens is 1. The molecule has 0 unspecified atom stereocenters. The van der Waals surface area contributed by atoms with Crippen LogP contribution in [0.25, 0.3) is 22.6 Å². The van der Waals surface area contributed by atoms with Crippen molar-refractivity contribution < 1.29 is 9.26 Å². The van der Waals surface area contributed by atoms with Crippen LogP contribution in [0.5, 0.6) is 5.75 Å². The first-order valence-corrected chi connectivity index (χ1v) is 10.4. The van der Waals surface area contributed by atoms with Crippen LogP contribution in [0.3, 0.4) is 0 Å². The van der Waals surface area contributed by atoms with Gasteiger partial charge in [-0.15, -0.1) is 0 Å². The van der Waals surface area contributed by atoms with Gasteiger partial charge in [-0.25, -0.2) is 0 Å². The zero-order valence-electron chi connectivity index (χ0n) is 16.7. The number of rotatable bonds is 7. The molecule has 0 atom stereocenters. The van der Waals surface area contributed by atoms with Gasteiger partial charge in [0.15, 0.2) is 5.76 Å². The number of aromatic nitrogens is 1. The highest BCUT2D eigenvalue weighted by Gasteiger charge is 2.15. The maximum atomic E-state index is 6.10. The van der Waals surface area contributed by atoms with E-state index in [4.69, 9.17) is 20.9 Å². The van der Waals surface area contributed by atoms with Crippen LogP contribution in [0.1, 0.15) is 6.42 Å². The van der Waals surface area contributed by atoms with Crippen LogP contribution >= 0.6 is 11.6 Å². The van der Waals surface area contributed by atoms with Gasteiger partial charge in [0, 0.05) is 54.9 Å². The molecule has 1 aliphatic rings. The highest BCUT2D eigenvalue weighted by Crippen LogP contribution is 2.32. The number of benzene rings is 2. The average molecular weight is 412 g/mol. The normalized spacial score (nSPS) is 15.5. The predicted molar refractivity (Wildman–Crippen MR) is 116 cm³/mol. The summed E-state index contributed by atoms with van der Waals surface area (Å²) in [5.74, 6) is 1.54. The molecule has 0 spiro atoms. The molecule has 1 aliphatic heterocycles. The topological polar surface area (TPSA) is 41.7 Å². The van der Waals surface area contributed by atoms with E-state index in [1.54, 1.807) is 0 Å². The lowest BCUT2D eigenvalue weighted by Gasteiger charge is -2.32. The smallest absolute Gasteiger partial charge is 0.167 e. The maximum absolute atomic E-state index is 6.10. The molecule has 1 saturated heterocycles. The minimum atomic E-state index is 0.686. The van der Waals surface area contributed by atoms with Crippen molar-refractivity contribution in [1.82, 2.24) is 15.0 Å². The third-order valence-electron chi connectivity index (χ3n) is 5.27. The van der Waals surface area contributed by atoms with Gasteiger partial charge in [-0.1, -0.05) is 28.9 Å². The Balaban J connectivity index is 1.38. The zero-order valence-corrected chi connectivity index (χ0v) is 17.4. The van der Waals surface area contributed by atoms with Gasteiger partial charge in [0.05, 0.1) is 6.61 Å². The Kier molecular flexibility index (Phi) is 6.49. The second-order valence-electron chi connectivity index (χ2n) is 7.43. The minimum absolute atomic E-state index is 0.686. The first kappa shape index (κ1) is 20.0. The fraction of sp³-hybridized carbons (Fsp3) is 0.348. The molecule has 0 amide bonds. The van der Waals surface area contributed by atoms with E-state index in [-0.39, 0.29) is 0 Å². The van der Waals surface area contributed by atoms with Gasteiger partial charge < -0.3 is 19.1 Å². The molecular formula is C23H26ClN3O2. The van der Waals surface area contributed by atoms with Crippen molar-refractivity contribution in [1.29, 1.82) is 0 Å². The van der Waals surface area contributed by atoms with Gasteiger partial charge >= 0.3 is 0 Å². The van der Waals surface area contributed by atoms with Gasteiger partial charge in [-0.3, -0.25) is 0 Å². The molecule has 152 valence electrons. The summed E-state index contributed by atoms with van der Waals surface area (Å²) in [4.78, 5) is 4.88. The SMILES string of the molecule is CN1CCN(CCCOc2ccccc2-c2cc(-c3ccc(Cl)cc3)on2)CC1. The Hall–Kier alpha value is -2.34. The van der Waals surface area contributed by atoms with Crippen LogP contribution in [-0.2, 0) is 0 Å². The predicted octanol–water partition coefficient (Wildman–Crippen LogP) is 4.68. The van der Waals surface area contributed by atoms with E-state index in [0.29, 0.717) is 17.4 Å². The lowest BCUT2D eigenvalue weighted by molar-refractivity contribution is 0.145. The maximum Gasteiger partial charge on any atom is 0.167 e. The fourth-order valence-corrected chi connectivity index (χ4v) is 3.62. The van der Waals surface area contributed by atoms with Crippen molar-refractivity contribution in [2.45, 2.75) is 6.42 Å². The number of nitrogens with zero attached hydrogens (tertiary/aromatic N) is 3. The molecule has 6 heteroatoms. The van der Waals surface area contributed by atoms with Crippen molar-refractivity contribution in [3.05, 3.63) is 59.6 Å². The van der Waals surface area contributed by atoms with E-state index in [1.807, 2.05) is 54.6 Å². The Bertz CT molecular complexity index is 918. The molecule has 0 radical (unpaired) electrons. The summed E-state index contributed by atoms with van der Waals surface area (Å²) in [6, 6.07) is 17.5. The zero-order chi connectivity index (χ0) is 20.1. The molecule has 2 heterocycles. The van der Waals surface area contributed by atoms with Crippen LogP contribution in [0.4, 0.5) is 0 Å². The Morgan fingerprint density at radius 1 is 1.03 bits per heavy atom. The van der Waals surface area contributed by atoms with Crippen LogP contribution < -0.4 is 4.74 Å². The molecule has 4 rings (SSSR count). The van der Waals surface area contributed by atoms with Crippen molar-refractivity contribution in [2.75, 3.05) is 46.4 Å². The third kappa shape index (κ3) is 5.18. The van der Waals surface area contributed by atoms with E-state index >= 15 is 0 Å². The molecule has 1 aromatic heterocycles. The standard InChI is InChI=1S/C23H26ClN3O2/c1-26-12-14-27(15-13-26)11-4-16-28-22-6-3-2-5-20(22)21-17-23(29-25-21)18-7-9-19(24)10-8-18/h2-3,5-10,17H,4,11-16H2,1H3. The number of para-hydroxylation sites is 1. The molecule has 0 saturated carbocycles. The van der Waals surface area contributed by atoms with Crippen molar-refractivity contribution >= 4 is 11.6 Å². The van der Waals surface area contributed by atoms with E-state index in [0.717, 1.165) is 61.7 Å². The fourth-order valence-electron chi connectivity index (χ4n) is 3.50. The summed E-state index contributed by atoms with van der Waals surface area (Å²) in [5.41, 5.74) is 2.65. The quantitative estimate of drug-likeness (QED) is 0.528. The highest BCUT2D eigenvalue weighted by molar-refractivity contribution is 6.30. The number of hydrogen-bond donors (Lipinski definition) is 0. The average Bonchev–Trinajstić information content (AvgIpc) is 3.23. The summed E-state index contributed by atoms with van der Waals surface area (Å²) >= 11 is 5.97. The number of ether oxygens (including phenoxy) is 1. The van der Waals surface area contributed by atoms with Crippen molar-refractivity contribution in [2.24, 2.45) is 0 Å². The monoisotopic (exact) mass is 411 g/mol. The lowest BCUT2D eigenvalue weighted by Crippen LogP contribution is -2.44. The van der Waals surface area contributed by atoms with E-state index in [1.165, 1.54) is 0 Å². The summed E-state index contributed by atoms with van der Waals surface area (Å²) in [5, 5.41) is 4.95. The number of piperazine rings is 1. The van der Waals surface area contributed by atoms with Gasteiger partial charge in [0.2, 0.25) is 0 Å². The summed E-state index contributed by atoms with van der Waals surface area (Å²) in [6.07, 6.45) is 1.01. The molecule has 2 aromatic carbocycles. The molecule has 0 N–H and O–H groups in total. The Morgan fingerprint density at radius 2 is 1.79 bits per heavy atom. The largest absolute Gasteiger partial charge is 0.493 e. The number of hydrogen-bond acceptors (Lipinski definition) is 5.